The van der Waals surface area contributed by atoms with Crippen LogP contribution >= 0.6 is 0 Å². The van der Waals surface area contributed by atoms with Crippen LogP contribution in [0.2, 0.25) is 0 Å². The Kier molecular flexibility index (Phi) is 10.2. The fourth-order valence-corrected chi connectivity index (χ4v) is 3.47. The number of aliphatic carboxylic acids is 3. The summed E-state index contributed by atoms with van der Waals surface area (Å²) in [7, 11) is 0. The summed E-state index contributed by atoms with van der Waals surface area (Å²) >= 11 is 0. The SMILES string of the molecule is NC(Cc1ccccc1)C(=O)O.O=C(O)C(C(=O)C(C(=O)O)c1c(F)cccc1F)c1c(F)cccc1F. The van der Waals surface area contributed by atoms with Crippen LogP contribution in [0.15, 0.2) is 66.7 Å². The molecule has 0 bridgehead atoms. The van der Waals surface area contributed by atoms with Crippen LogP contribution in [0.25, 0.3) is 0 Å². The van der Waals surface area contributed by atoms with Crippen molar-refractivity contribution in [3.05, 3.63) is 107 Å². The minimum Gasteiger partial charge on any atom is -0.480 e. The van der Waals surface area contributed by atoms with Crippen LogP contribution < -0.4 is 5.73 Å². The van der Waals surface area contributed by atoms with Crippen LogP contribution in [-0.4, -0.2) is 45.1 Å². The number of nitrogens with two attached hydrogens (primary N) is 1. The minimum absolute atomic E-state index is 0.385. The fourth-order valence-electron chi connectivity index (χ4n) is 3.47. The maximum atomic E-state index is 13.9. The van der Waals surface area contributed by atoms with Crippen molar-refractivity contribution in [3.63, 3.8) is 0 Å². The Morgan fingerprint density at radius 3 is 1.29 bits per heavy atom. The van der Waals surface area contributed by atoms with Gasteiger partial charge in [-0.15, -0.1) is 0 Å². The molecule has 0 saturated carbocycles. The summed E-state index contributed by atoms with van der Waals surface area (Å²) in [5.74, 6) is -17.8. The van der Waals surface area contributed by atoms with Gasteiger partial charge in [0.25, 0.3) is 0 Å². The van der Waals surface area contributed by atoms with E-state index in [0.717, 1.165) is 17.7 Å². The highest BCUT2D eigenvalue weighted by molar-refractivity contribution is 6.14. The Bertz CT molecular complexity index is 1220. The number of hydrogen-bond acceptors (Lipinski definition) is 5. The molecule has 0 aliphatic carbocycles. The van der Waals surface area contributed by atoms with E-state index in [2.05, 4.69) is 0 Å². The molecule has 0 radical (unpaired) electrons. The molecule has 0 aliphatic heterocycles. The van der Waals surface area contributed by atoms with Crippen molar-refractivity contribution in [1.82, 2.24) is 0 Å². The van der Waals surface area contributed by atoms with E-state index in [1.807, 2.05) is 30.3 Å². The van der Waals surface area contributed by atoms with Crippen molar-refractivity contribution in [2.45, 2.75) is 24.3 Å². The Labute approximate surface area is 213 Å². The molecule has 0 heterocycles. The normalized spacial score (nSPS) is 12.9. The molecule has 0 saturated heterocycles. The molecule has 200 valence electrons. The lowest BCUT2D eigenvalue weighted by Crippen LogP contribution is -2.33. The van der Waals surface area contributed by atoms with E-state index in [1.165, 1.54) is 0 Å². The van der Waals surface area contributed by atoms with E-state index < -0.39 is 76.0 Å². The van der Waals surface area contributed by atoms with Crippen molar-refractivity contribution in [3.8, 4) is 0 Å². The molecule has 3 atom stereocenters. The number of carbonyl (C=O) groups is 4. The predicted molar refractivity (Wildman–Crippen MR) is 124 cm³/mol. The third-order valence-electron chi connectivity index (χ3n) is 5.26. The van der Waals surface area contributed by atoms with E-state index in [-0.39, 0.29) is 0 Å². The minimum atomic E-state index is -2.61. The number of benzene rings is 3. The van der Waals surface area contributed by atoms with Crippen molar-refractivity contribution in [1.29, 1.82) is 0 Å². The third kappa shape index (κ3) is 7.23. The number of halogens is 4. The van der Waals surface area contributed by atoms with Gasteiger partial charge in [-0.3, -0.25) is 19.2 Å². The largest absolute Gasteiger partial charge is 0.480 e. The van der Waals surface area contributed by atoms with Gasteiger partial charge in [-0.2, -0.15) is 0 Å². The van der Waals surface area contributed by atoms with E-state index in [0.29, 0.717) is 30.7 Å². The van der Waals surface area contributed by atoms with Gasteiger partial charge in [0.1, 0.15) is 41.1 Å². The molecule has 3 aromatic carbocycles. The van der Waals surface area contributed by atoms with E-state index in [1.54, 1.807) is 0 Å². The quantitative estimate of drug-likeness (QED) is 0.240. The molecule has 8 nitrogen and oxygen atoms in total. The van der Waals surface area contributed by atoms with Gasteiger partial charge >= 0.3 is 17.9 Å². The molecule has 5 N–H and O–H groups in total. The molecule has 0 fully saturated rings. The Hall–Kier alpha value is -4.58. The zero-order chi connectivity index (χ0) is 28.6. The van der Waals surface area contributed by atoms with Gasteiger partial charge < -0.3 is 21.1 Å². The molecule has 3 unspecified atom stereocenters. The second-order valence-electron chi connectivity index (χ2n) is 7.85. The lowest BCUT2D eigenvalue weighted by atomic mass is 9.83. The van der Waals surface area contributed by atoms with Crippen LogP contribution in [0, 0.1) is 23.3 Å². The smallest absolute Gasteiger partial charge is 0.320 e. The number of Topliss-reactive ketones (excluding diaryl/α,β-unsaturated/α-hetero) is 1. The summed E-state index contributed by atoms with van der Waals surface area (Å²) in [6, 6.07) is 13.0. The average molecular weight is 535 g/mol. The molecule has 12 heteroatoms. The maximum absolute atomic E-state index is 13.9. The molecule has 38 heavy (non-hydrogen) atoms. The predicted octanol–water partition coefficient (Wildman–Crippen LogP) is 3.49. The van der Waals surface area contributed by atoms with E-state index >= 15 is 0 Å². The molecule has 3 rings (SSSR count). The zero-order valence-electron chi connectivity index (χ0n) is 19.4. The number of hydrogen-bond donors (Lipinski definition) is 4. The van der Waals surface area contributed by atoms with E-state index in [9.17, 15) is 47.0 Å². The molecular weight excluding hydrogens is 514 g/mol. The van der Waals surface area contributed by atoms with Gasteiger partial charge in [0.05, 0.1) is 0 Å². The Morgan fingerprint density at radius 1 is 0.605 bits per heavy atom. The first-order valence-electron chi connectivity index (χ1n) is 10.8. The molecule has 0 aromatic heterocycles. The topological polar surface area (TPSA) is 155 Å². The number of carbonyl (C=O) groups excluding carboxylic acids is 1. The summed E-state index contributed by atoms with van der Waals surface area (Å²) in [6.45, 7) is 0. The standard InChI is InChI=1S/C17H10F4O5.C9H11NO2/c18-7-3-1-4-8(19)11(7)13(16(23)24)15(22)14(17(25)26)12-9(20)5-2-6-10(12)21;10-8(9(11)12)6-7-4-2-1-3-5-7/h1-6,13-14H,(H,23,24)(H,25,26);1-5,8H,6,10H2,(H,11,12). The van der Waals surface area contributed by atoms with Crippen molar-refractivity contribution >= 4 is 23.7 Å². The van der Waals surface area contributed by atoms with Gasteiger partial charge in [0.2, 0.25) is 0 Å². The summed E-state index contributed by atoms with van der Waals surface area (Å²) in [5.41, 5.74) is 3.87. The van der Waals surface area contributed by atoms with Gasteiger partial charge in [-0.05, 0) is 36.2 Å². The molecule has 0 aliphatic rings. The van der Waals surface area contributed by atoms with Crippen LogP contribution in [0.5, 0.6) is 0 Å². The fraction of sp³-hybridized carbons (Fsp3) is 0.154. The van der Waals surface area contributed by atoms with Gasteiger partial charge in [0, 0.05) is 11.1 Å². The lowest BCUT2D eigenvalue weighted by Gasteiger charge is -2.19. The Balaban J connectivity index is 0.000000352. The van der Waals surface area contributed by atoms with Crippen molar-refractivity contribution in [2.24, 2.45) is 5.73 Å². The highest BCUT2D eigenvalue weighted by atomic mass is 19.1. The number of ketones is 1. The van der Waals surface area contributed by atoms with Gasteiger partial charge in [0.15, 0.2) is 5.78 Å². The number of carboxylic acid groups (broad SMARTS) is 3. The monoisotopic (exact) mass is 535 g/mol. The number of carboxylic acids is 3. The second-order valence-corrected chi connectivity index (χ2v) is 7.85. The summed E-state index contributed by atoms with van der Waals surface area (Å²) < 4.78 is 55.6. The number of rotatable bonds is 9. The van der Waals surface area contributed by atoms with Crippen LogP contribution in [0.3, 0.4) is 0 Å². The first kappa shape index (κ1) is 29.6. The van der Waals surface area contributed by atoms with Crippen molar-refractivity contribution in [2.75, 3.05) is 0 Å². The molecule has 0 spiro atoms. The van der Waals surface area contributed by atoms with Gasteiger partial charge in [-0.25, -0.2) is 17.6 Å². The highest BCUT2D eigenvalue weighted by Gasteiger charge is 2.43. The highest BCUT2D eigenvalue weighted by Crippen LogP contribution is 2.32. The second kappa shape index (κ2) is 13.1. The summed E-state index contributed by atoms with van der Waals surface area (Å²) in [4.78, 5) is 45.8. The summed E-state index contributed by atoms with van der Waals surface area (Å²) in [6.07, 6.45) is 0.385. The first-order valence-corrected chi connectivity index (χ1v) is 10.8. The van der Waals surface area contributed by atoms with Crippen LogP contribution in [-0.2, 0) is 25.6 Å². The first-order chi connectivity index (χ1) is 17.9. The zero-order valence-corrected chi connectivity index (χ0v) is 19.4. The van der Waals surface area contributed by atoms with Crippen LogP contribution in [0.1, 0.15) is 28.5 Å². The third-order valence-corrected chi connectivity index (χ3v) is 5.26. The average Bonchev–Trinajstić information content (AvgIpc) is 2.84. The summed E-state index contributed by atoms with van der Waals surface area (Å²) in [5, 5.41) is 27.0. The van der Waals surface area contributed by atoms with Gasteiger partial charge in [-0.1, -0.05) is 42.5 Å². The van der Waals surface area contributed by atoms with E-state index in [4.69, 9.17) is 10.8 Å². The maximum Gasteiger partial charge on any atom is 0.320 e. The molecule has 0 amide bonds. The molecule has 3 aromatic rings. The Morgan fingerprint density at radius 2 is 0.974 bits per heavy atom. The van der Waals surface area contributed by atoms with Crippen LogP contribution in [0.4, 0.5) is 17.6 Å². The molecular formula is C26H21F4NO7. The van der Waals surface area contributed by atoms with Crippen molar-refractivity contribution < 1.29 is 52.1 Å². The lowest BCUT2D eigenvalue weighted by molar-refractivity contribution is -0.147.